The number of halogens is 2. The standard InChI is InChI=1S/C11H13Cl2NS/c1-14-7-9-3-2-4-11(5-9)15-8-10(13)6-12/h2-6,14H,7-8H2,1H3. The number of benzene rings is 1. The van der Waals surface area contributed by atoms with Crippen LogP contribution in [0.2, 0.25) is 0 Å². The molecular formula is C11H13Cl2NS. The van der Waals surface area contributed by atoms with Crippen LogP contribution in [-0.4, -0.2) is 12.8 Å². The molecule has 0 aliphatic carbocycles. The largest absolute Gasteiger partial charge is 0.316 e. The van der Waals surface area contributed by atoms with Crippen LogP contribution >= 0.6 is 35.0 Å². The van der Waals surface area contributed by atoms with Crippen molar-refractivity contribution in [1.29, 1.82) is 0 Å². The minimum Gasteiger partial charge on any atom is -0.316 e. The zero-order valence-electron chi connectivity index (χ0n) is 8.47. The van der Waals surface area contributed by atoms with Gasteiger partial charge in [-0.2, -0.15) is 0 Å². The number of hydrogen-bond acceptors (Lipinski definition) is 2. The van der Waals surface area contributed by atoms with Gasteiger partial charge in [-0.3, -0.25) is 0 Å². The van der Waals surface area contributed by atoms with Crippen molar-refractivity contribution in [2.24, 2.45) is 0 Å². The van der Waals surface area contributed by atoms with Gasteiger partial charge in [0.2, 0.25) is 0 Å². The summed E-state index contributed by atoms with van der Waals surface area (Å²) in [7, 11) is 1.94. The average Bonchev–Trinajstić information content (AvgIpc) is 2.27. The smallest absolute Gasteiger partial charge is 0.0396 e. The molecule has 82 valence electrons. The quantitative estimate of drug-likeness (QED) is 0.810. The van der Waals surface area contributed by atoms with E-state index in [2.05, 4.69) is 23.5 Å². The van der Waals surface area contributed by atoms with E-state index in [1.54, 1.807) is 11.8 Å². The molecule has 0 bridgehead atoms. The first-order chi connectivity index (χ1) is 7.26. The molecule has 0 amide bonds. The molecule has 0 radical (unpaired) electrons. The summed E-state index contributed by atoms with van der Waals surface area (Å²) in [5.41, 5.74) is 2.68. The molecule has 0 spiro atoms. The Morgan fingerprint density at radius 2 is 2.33 bits per heavy atom. The summed E-state index contributed by atoms with van der Waals surface area (Å²) in [4.78, 5) is 1.21. The van der Waals surface area contributed by atoms with Gasteiger partial charge < -0.3 is 5.32 Å². The molecule has 0 aliphatic heterocycles. The molecule has 1 aromatic carbocycles. The summed E-state index contributed by atoms with van der Waals surface area (Å²) in [6.07, 6.45) is 0. The second kappa shape index (κ2) is 7.18. The minimum atomic E-state index is 0.667. The van der Waals surface area contributed by atoms with Gasteiger partial charge in [0.15, 0.2) is 0 Å². The second-order valence-corrected chi connectivity index (χ2v) is 4.77. The molecule has 0 aromatic heterocycles. The zero-order chi connectivity index (χ0) is 11.1. The van der Waals surface area contributed by atoms with E-state index < -0.39 is 0 Å². The van der Waals surface area contributed by atoms with Gasteiger partial charge in [0, 0.05) is 27.8 Å². The third kappa shape index (κ3) is 4.94. The topological polar surface area (TPSA) is 12.0 Å². The molecule has 0 heterocycles. The predicted octanol–water partition coefficient (Wildman–Crippen LogP) is 3.82. The Kier molecular flexibility index (Phi) is 6.18. The van der Waals surface area contributed by atoms with Crippen molar-refractivity contribution in [2.75, 3.05) is 12.8 Å². The molecule has 0 fully saturated rings. The van der Waals surface area contributed by atoms with Crippen molar-refractivity contribution in [2.45, 2.75) is 11.4 Å². The van der Waals surface area contributed by atoms with Gasteiger partial charge in [0.1, 0.15) is 0 Å². The van der Waals surface area contributed by atoms with Crippen molar-refractivity contribution < 1.29 is 0 Å². The predicted molar refractivity (Wildman–Crippen MR) is 69.7 cm³/mol. The fraction of sp³-hybridized carbons (Fsp3) is 0.273. The van der Waals surface area contributed by atoms with Crippen LogP contribution in [0.1, 0.15) is 5.56 Å². The maximum absolute atomic E-state index is 5.81. The Balaban J connectivity index is 2.57. The van der Waals surface area contributed by atoms with E-state index in [1.165, 1.54) is 16.0 Å². The highest BCUT2D eigenvalue weighted by molar-refractivity contribution is 7.99. The van der Waals surface area contributed by atoms with E-state index >= 15 is 0 Å². The molecule has 1 rings (SSSR count). The molecular weight excluding hydrogens is 249 g/mol. The van der Waals surface area contributed by atoms with Gasteiger partial charge >= 0.3 is 0 Å². The zero-order valence-corrected chi connectivity index (χ0v) is 10.8. The van der Waals surface area contributed by atoms with E-state index in [0.717, 1.165) is 6.54 Å². The Morgan fingerprint density at radius 1 is 1.53 bits per heavy atom. The molecule has 1 N–H and O–H groups in total. The van der Waals surface area contributed by atoms with Crippen LogP contribution < -0.4 is 5.32 Å². The summed E-state index contributed by atoms with van der Waals surface area (Å²) >= 11 is 13.0. The summed E-state index contributed by atoms with van der Waals surface area (Å²) < 4.78 is 0. The Labute approximate surface area is 105 Å². The second-order valence-electron chi connectivity index (χ2n) is 3.02. The molecule has 0 saturated carbocycles. The maximum Gasteiger partial charge on any atom is 0.0396 e. The van der Waals surface area contributed by atoms with E-state index in [9.17, 15) is 0 Å². The third-order valence-electron chi connectivity index (χ3n) is 1.77. The van der Waals surface area contributed by atoms with Crippen molar-refractivity contribution in [3.05, 3.63) is 40.4 Å². The van der Waals surface area contributed by atoms with Crippen molar-refractivity contribution in [3.8, 4) is 0 Å². The summed E-state index contributed by atoms with van der Waals surface area (Å²) in [5, 5.41) is 3.79. The maximum atomic E-state index is 5.81. The molecule has 0 saturated heterocycles. The van der Waals surface area contributed by atoms with E-state index in [1.807, 2.05) is 13.1 Å². The average molecular weight is 262 g/mol. The van der Waals surface area contributed by atoms with Crippen LogP contribution in [-0.2, 0) is 6.54 Å². The lowest BCUT2D eigenvalue weighted by atomic mass is 10.2. The van der Waals surface area contributed by atoms with Crippen LogP contribution in [0.4, 0.5) is 0 Å². The van der Waals surface area contributed by atoms with Crippen LogP contribution in [0, 0.1) is 0 Å². The first-order valence-electron chi connectivity index (χ1n) is 4.57. The van der Waals surface area contributed by atoms with Crippen molar-refractivity contribution in [3.63, 3.8) is 0 Å². The SMILES string of the molecule is CNCc1cccc(SCC(Cl)=CCl)c1. The fourth-order valence-corrected chi connectivity index (χ4v) is 2.26. The normalized spacial score (nSPS) is 11.8. The molecule has 0 aliphatic rings. The van der Waals surface area contributed by atoms with Gasteiger partial charge in [-0.15, -0.1) is 11.8 Å². The number of nitrogens with one attached hydrogen (secondary N) is 1. The van der Waals surface area contributed by atoms with Crippen LogP contribution in [0.15, 0.2) is 39.7 Å². The summed E-state index contributed by atoms with van der Waals surface area (Å²) in [5.74, 6) is 0.716. The highest BCUT2D eigenvalue weighted by Crippen LogP contribution is 2.23. The lowest BCUT2D eigenvalue weighted by molar-refractivity contribution is 0.815. The Hall–Kier alpha value is -0.150. The van der Waals surface area contributed by atoms with E-state index in [0.29, 0.717) is 10.8 Å². The molecule has 1 aromatic rings. The number of hydrogen-bond donors (Lipinski definition) is 1. The number of thioether (sulfide) groups is 1. The van der Waals surface area contributed by atoms with Gasteiger partial charge in [-0.1, -0.05) is 35.3 Å². The molecule has 0 atom stereocenters. The molecule has 0 unspecified atom stereocenters. The molecule has 1 nitrogen and oxygen atoms in total. The van der Waals surface area contributed by atoms with Gasteiger partial charge in [0.25, 0.3) is 0 Å². The van der Waals surface area contributed by atoms with Crippen LogP contribution in [0.25, 0.3) is 0 Å². The van der Waals surface area contributed by atoms with Gasteiger partial charge in [-0.25, -0.2) is 0 Å². The monoisotopic (exact) mass is 261 g/mol. The molecule has 15 heavy (non-hydrogen) atoms. The fourth-order valence-electron chi connectivity index (χ4n) is 1.13. The van der Waals surface area contributed by atoms with Crippen LogP contribution in [0.3, 0.4) is 0 Å². The van der Waals surface area contributed by atoms with Crippen LogP contribution in [0.5, 0.6) is 0 Å². The first kappa shape index (κ1) is 12.9. The lowest BCUT2D eigenvalue weighted by Gasteiger charge is -2.04. The lowest BCUT2D eigenvalue weighted by Crippen LogP contribution is -2.04. The molecule has 4 heteroatoms. The van der Waals surface area contributed by atoms with E-state index in [-0.39, 0.29) is 0 Å². The number of rotatable bonds is 5. The van der Waals surface area contributed by atoms with Crippen molar-refractivity contribution in [1.82, 2.24) is 5.32 Å². The Bertz CT molecular complexity index is 339. The summed E-state index contributed by atoms with van der Waals surface area (Å²) in [6, 6.07) is 8.37. The highest BCUT2D eigenvalue weighted by Gasteiger charge is 1.98. The summed E-state index contributed by atoms with van der Waals surface area (Å²) in [6.45, 7) is 0.882. The highest BCUT2D eigenvalue weighted by atomic mass is 35.5. The Morgan fingerprint density at radius 3 is 3.00 bits per heavy atom. The third-order valence-corrected chi connectivity index (χ3v) is 3.59. The van der Waals surface area contributed by atoms with E-state index in [4.69, 9.17) is 23.2 Å². The minimum absolute atomic E-state index is 0.667. The van der Waals surface area contributed by atoms with Gasteiger partial charge in [-0.05, 0) is 24.7 Å². The van der Waals surface area contributed by atoms with Gasteiger partial charge in [0.05, 0.1) is 0 Å². The van der Waals surface area contributed by atoms with Crippen molar-refractivity contribution >= 4 is 35.0 Å². The first-order valence-corrected chi connectivity index (χ1v) is 6.37.